The summed E-state index contributed by atoms with van der Waals surface area (Å²) in [5, 5.41) is 0. The summed E-state index contributed by atoms with van der Waals surface area (Å²) in [6, 6.07) is 6.56. The second-order valence-electron chi connectivity index (χ2n) is 7.51. The number of esters is 1. The van der Waals surface area contributed by atoms with Gasteiger partial charge in [0.1, 0.15) is 24.1 Å². The van der Waals surface area contributed by atoms with E-state index in [1.165, 1.54) is 21.3 Å². The van der Waals surface area contributed by atoms with Crippen LogP contribution in [0.3, 0.4) is 0 Å². The molecule has 9 heteroatoms. The molecule has 0 unspecified atom stereocenters. The van der Waals surface area contributed by atoms with Gasteiger partial charge in [-0.2, -0.15) is 0 Å². The summed E-state index contributed by atoms with van der Waals surface area (Å²) in [7, 11) is 5.95. The Balaban J connectivity index is 1.82. The van der Waals surface area contributed by atoms with Crippen molar-refractivity contribution < 1.29 is 42.7 Å². The third-order valence-electron chi connectivity index (χ3n) is 5.85. The Hall–Kier alpha value is -1.75. The van der Waals surface area contributed by atoms with Crippen LogP contribution in [0.25, 0.3) is 0 Å². The predicted molar refractivity (Wildman–Crippen MR) is 104 cm³/mol. The zero-order chi connectivity index (χ0) is 22.1. The maximum absolute atomic E-state index is 11.6. The first-order valence-corrected chi connectivity index (χ1v) is 9.71. The first kappa shape index (κ1) is 22.9. The van der Waals surface area contributed by atoms with Gasteiger partial charge in [0.15, 0.2) is 0 Å². The summed E-state index contributed by atoms with van der Waals surface area (Å²) in [6.45, 7) is 5.38. The van der Waals surface area contributed by atoms with Crippen LogP contribution < -0.4 is 4.74 Å². The van der Waals surface area contributed by atoms with Crippen LogP contribution in [-0.2, 0) is 33.2 Å². The predicted octanol–water partition coefficient (Wildman–Crippen LogP) is 2.12. The monoisotopic (exact) mass is 426 g/mol. The van der Waals surface area contributed by atoms with Gasteiger partial charge in [-0.3, -0.25) is 0 Å². The minimum Gasteiger partial charge on any atom is -0.465 e. The molecule has 0 spiro atoms. The van der Waals surface area contributed by atoms with Crippen LogP contribution in [0.5, 0.6) is 5.75 Å². The Morgan fingerprint density at radius 3 is 2.00 bits per heavy atom. The van der Waals surface area contributed by atoms with E-state index in [2.05, 4.69) is 0 Å². The second-order valence-corrected chi connectivity index (χ2v) is 7.51. The first-order valence-electron chi connectivity index (χ1n) is 9.71. The molecule has 30 heavy (non-hydrogen) atoms. The van der Waals surface area contributed by atoms with E-state index in [0.29, 0.717) is 11.3 Å². The number of benzene rings is 1. The molecular formula is C21H30O9. The lowest BCUT2D eigenvalue weighted by atomic mass is 9.94. The van der Waals surface area contributed by atoms with E-state index < -0.39 is 42.1 Å². The number of ether oxygens (including phenoxy) is 8. The van der Waals surface area contributed by atoms with Crippen molar-refractivity contribution in [1.82, 2.24) is 0 Å². The fourth-order valence-corrected chi connectivity index (χ4v) is 3.73. The Bertz CT molecular complexity index is 738. The number of methoxy groups -OCH3 is 4. The van der Waals surface area contributed by atoms with Crippen LogP contribution in [-0.4, -0.2) is 76.7 Å². The van der Waals surface area contributed by atoms with Gasteiger partial charge in [0.05, 0.1) is 18.8 Å². The fourth-order valence-electron chi connectivity index (χ4n) is 3.73. The van der Waals surface area contributed by atoms with Crippen molar-refractivity contribution in [2.24, 2.45) is 0 Å². The van der Waals surface area contributed by atoms with Gasteiger partial charge in [0, 0.05) is 21.3 Å². The molecule has 0 aromatic heterocycles. The molecule has 0 radical (unpaired) electrons. The molecule has 2 saturated heterocycles. The number of fused-ring (bicyclic) bond motifs is 1. The molecule has 1 aromatic rings. The third kappa shape index (κ3) is 3.93. The molecule has 2 aliphatic heterocycles. The highest BCUT2D eigenvalue weighted by molar-refractivity contribution is 5.89. The SMILES string of the molecule is COC(=O)c1ccc(O[C@@H]2O[C@@H](C)[C@@H]3O[C@@](C)(OC)[C@](C)(OC)O[C@H]3[C@H]2OC)cc1. The molecule has 9 nitrogen and oxygen atoms in total. The first-order chi connectivity index (χ1) is 14.2. The zero-order valence-corrected chi connectivity index (χ0v) is 18.4. The molecule has 7 atom stereocenters. The van der Waals surface area contributed by atoms with E-state index in [0.717, 1.165) is 0 Å². The third-order valence-corrected chi connectivity index (χ3v) is 5.85. The highest BCUT2D eigenvalue weighted by Crippen LogP contribution is 2.44. The van der Waals surface area contributed by atoms with Crippen molar-refractivity contribution in [2.75, 3.05) is 28.4 Å². The number of carbonyl (C=O) groups excluding carboxylic acids is 1. The molecule has 2 heterocycles. The maximum Gasteiger partial charge on any atom is 0.337 e. The number of carbonyl (C=O) groups is 1. The summed E-state index contributed by atoms with van der Waals surface area (Å²) >= 11 is 0. The second kappa shape index (κ2) is 8.78. The van der Waals surface area contributed by atoms with Crippen molar-refractivity contribution in [3.63, 3.8) is 0 Å². The maximum atomic E-state index is 11.6. The van der Waals surface area contributed by atoms with Crippen LogP contribution in [0.1, 0.15) is 31.1 Å². The van der Waals surface area contributed by atoms with Crippen LogP contribution in [0.4, 0.5) is 0 Å². The zero-order valence-electron chi connectivity index (χ0n) is 18.4. The van der Waals surface area contributed by atoms with Crippen LogP contribution in [0, 0.1) is 0 Å². The Morgan fingerprint density at radius 1 is 0.933 bits per heavy atom. The molecule has 1 aromatic carbocycles. The molecule has 168 valence electrons. The lowest BCUT2D eigenvalue weighted by molar-refractivity contribution is -0.476. The average molecular weight is 426 g/mol. The van der Waals surface area contributed by atoms with Crippen LogP contribution >= 0.6 is 0 Å². The fraction of sp³-hybridized carbons (Fsp3) is 0.667. The van der Waals surface area contributed by atoms with E-state index in [-0.39, 0.29) is 6.10 Å². The molecule has 0 N–H and O–H groups in total. The van der Waals surface area contributed by atoms with Gasteiger partial charge in [-0.05, 0) is 45.0 Å². The minimum atomic E-state index is -1.18. The summed E-state index contributed by atoms with van der Waals surface area (Å²) in [4.78, 5) is 11.6. The molecule has 0 saturated carbocycles. The molecule has 2 aliphatic rings. The normalized spacial score (nSPS) is 38.6. The van der Waals surface area contributed by atoms with Gasteiger partial charge >= 0.3 is 5.97 Å². The van der Waals surface area contributed by atoms with Gasteiger partial charge in [-0.25, -0.2) is 4.79 Å². The largest absolute Gasteiger partial charge is 0.465 e. The van der Waals surface area contributed by atoms with Crippen LogP contribution in [0.2, 0.25) is 0 Å². The minimum absolute atomic E-state index is 0.378. The van der Waals surface area contributed by atoms with E-state index in [1.54, 1.807) is 45.2 Å². The summed E-state index contributed by atoms with van der Waals surface area (Å²) < 4.78 is 46.2. The summed E-state index contributed by atoms with van der Waals surface area (Å²) in [5.74, 6) is -2.23. The standard InChI is InChI=1S/C21H30O9/c1-12-15-16(30-21(3,26-7)20(2,25-6)29-15)17(23-4)19(27-12)28-14-10-8-13(9-11-14)18(22)24-5/h8-12,15-17,19H,1-7H3/t12-,15-,16+,17+,19-,20+,21+/m0/s1. The van der Waals surface area contributed by atoms with E-state index >= 15 is 0 Å². The molecule has 2 fully saturated rings. The van der Waals surface area contributed by atoms with Crippen molar-refractivity contribution in [1.29, 1.82) is 0 Å². The Kier molecular flexibility index (Phi) is 6.71. The lowest BCUT2D eigenvalue weighted by Gasteiger charge is -2.56. The quantitative estimate of drug-likeness (QED) is 0.634. The van der Waals surface area contributed by atoms with Crippen molar-refractivity contribution >= 4 is 5.97 Å². The molecule has 0 amide bonds. The number of rotatable bonds is 6. The van der Waals surface area contributed by atoms with E-state index in [1.807, 2.05) is 6.92 Å². The summed E-state index contributed by atoms with van der Waals surface area (Å²) in [6.07, 6.45) is -2.76. The van der Waals surface area contributed by atoms with Crippen LogP contribution in [0.15, 0.2) is 24.3 Å². The van der Waals surface area contributed by atoms with Crippen molar-refractivity contribution in [3.05, 3.63) is 29.8 Å². The smallest absolute Gasteiger partial charge is 0.337 e. The van der Waals surface area contributed by atoms with E-state index in [9.17, 15) is 4.79 Å². The molecule has 3 rings (SSSR count). The van der Waals surface area contributed by atoms with Gasteiger partial charge < -0.3 is 37.9 Å². The summed E-state index contributed by atoms with van der Waals surface area (Å²) in [5.41, 5.74) is 0.421. The molecule has 0 bridgehead atoms. The van der Waals surface area contributed by atoms with Gasteiger partial charge in [-0.15, -0.1) is 0 Å². The van der Waals surface area contributed by atoms with Gasteiger partial charge in [0.2, 0.25) is 17.9 Å². The van der Waals surface area contributed by atoms with Crippen molar-refractivity contribution in [2.45, 2.75) is 63.1 Å². The lowest BCUT2D eigenvalue weighted by Crippen LogP contribution is -2.72. The van der Waals surface area contributed by atoms with Gasteiger partial charge in [-0.1, -0.05) is 0 Å². The molecular weight excluding hydrogens is 396 g/mol. The Labute approximate surface area is 176 Å². The Morgan fingerprint density at radius 2 is 1.50 bits per heavy atom. The number of hydrogen-bond donors (Lipinski definition) is 0. The molecule has 0 aliphatic carbocycles. The topological polar surface area (TPSA) is 90.9 Å². The van der Waals surface area contributed by atoms with E-state index in [4.69, 9.17) is 37.9 Å². The highest BCUT2D eigenvalue weighted by Gasteiger charge is 2.62. The highest BCUT2D eigenvalue weighted by atomic mass is 16.8. The average Bonchev–Trinajstić information content (AvgIpc) is 2.75. The van der Waals surface area contributed by atoms with Gasteiger partial charge in [0.25, 0.3) is 0 Å². The number of hydrogen-bond acceptors (Lipinski definition) is 9. The van der Waals surface area contributed by atoms with Crippen molar-refractivity contribution in [3.8, 4) is 5.75 Å².